The number of carbonyl (C=O) groups is 1. The Hall–Kier alpha value is -3.54. The number of methoxy groups -OCH3 is 1. The Bertz CT molecular complexity index is 883. The number of rotatable bonds is 9. The Labute approximate surface area is 164 Å². The van der Waals surface area contributed by atoms with E-state index in [9.17, 15) is 4.79 Å². The molecule has 1 aromatic heterocycles. The molecule has 1 amide bonds. The van der Waals surface area contributed by atoms with Gasteiger partial charge < -0.3 is 19.5 Å². The molecule has 0 fully saturated rings. The van der Waals surface area contributed by atoms with E-state index in [4.69, 9.17) is 14.2 Å². The van der Waals surface area contributed by atoms with Crippen LogP contribution in [0.25, 0.3) is 0 Å². The summed E-state index contributed by atoms with van der Waals surface area (Å²) in [5.41, 5.74) is 1.96. The van der Waals surface area contributed by atoms with Crippen molar-refractivity contribution in [1.29, 1.82) is 0 Å². The van der Waals surface area contributed by atoms with Gasteiger partial charge in [-0.05, 0) is 48.0 Å². The van der Waals surface area contributed by atoms with E-state index in [2.05, 4.69) is 10.3 Å². The third kappa shape index (κ3) is 6.02. The van der Waals surface area contributed by atoms with Gasteiger partial charge in [0.15, 0.2) is 6.61 Å². The van der Waals surface area contributed by atoms with E-state index < -0.39 is 0 Å². The molecule has 0 aliphatic rings. The number of carbonyl (C=O) groups excluding carboxylic acids is 1. The number of hydrogen-bond acceptors (Lipinski definition) is 5. The third-order valence-corrected chi connectivity index (χ3v) is 3.95. The Morgan fingerprint density at radius 1 is 0.929 bits per heavy atom. The SMILES string of the molecule is COc1cccc(CNC(=O)COc2ccc(OCc3cccnc3)cc2)c1. The fourth-order valence-corrected chi connectivity index (χ4v) is 2.47. The van der Waals surface area contributed by atoms with Crippen LogP contribution in [0.5, 0.6) is 17.2 Å². The van der Waals surface area contributed by atoms with Gasteiger partial charge in [-0.25, -0.2) is 0 Å². The molecule has 3 aromatic rings. The van der Waals surface area contributed by atoms with Crippen LogP contribution in [-0.2, 0) is 17.9 Å². The lowest BCUT2D eigenvalue weighted by atomic mass is 10.2. The van der Waals surface area contributed by atoms with E-state index >= 15 is 0 Å². The predicted molar refractivity (Wildman–Crippen MR) is 105 cm³/mol. The smallest absolute Gasteiger partial charge is 0.258 e. The summed E-state index contributed by atoms with van der Waals surface area (Å²) in [5, 5.41) is 2.82. The first-order valence-electron chi connectivity index (χ1n) is 8.87. The normalized spacial score (nSPS) is 10.2. The minimum absolute atomic E-state index is 0.0557. The zero-order valence-corrected chi connectivity index (χ0v) is 15.6. The number of aromatic nitrogens is 1. The van der Waals surface area contributed by atoms with Gasteiger partial charge in [0.25, 0.3) is 5.91 Å². The van der Waals surface area contributed by atoms with E-state index in [1.807, 2.05) is 36.4 Å². The number of nitrogens with zero attached hydrogens (tertiary/aromatic N) is 1. The molecule has 2 aromatic carbocycles. The second kappa shape index (κ2) is 9.97. The summed E-state index contributed by atoms with van der Waals surface area (Å²) in [6, 6.07) is 18.5. The number of pyridine rings is 1. The highest BCUT2D eigenvalue weighted by molar-refractivity contribution is 5.77. The molecule has 1 N–H and O–H groups in total. The zero-order chi connectivity index (χ0) is 19.6. The Kier molecular flexibility index (Phi) is 6.84. The molecular weight excluding hydrogens is 356 g/mol. The van der Waals surface area contributed by atoms with Gasteiger partial charge in [0.1, 0.15) is 23.9 Å². The highest BCUT2D eigenvalue weighted by Gasteiger charge is 2.04. The molecule has 6 heteroatoms. The molecule has 0 saturated carbocycles. The second-order valence-electron chi connectivity index (χ2n) is 6.04. The second-order valence-corrected chi connectivity index (χ2v) is 6.04. The number of ether oxygens (including phenoxy) is 3. The van der Waals surface area contributed by atoms with E-state index in [-0.39, 0.29) is 12.5 Å². The number of amides is 1. The summed E-state index contributed by atoms with van der Waals surface area (Å²) in [6.07, 6.45) is 3.49. The van der Waals surface area contributed by atoms with E-state index in [1.165, 1.54) is 0 Å². The number of benzene rings is 2. The first-order valence-corrected chi connectivity index (χ1v) is 8.87. The van der Waals surface area contributed by atoms with Crippen LogP contribution in [0.1, 0.15) is 11.1 Å². The van der Waals surface area contributed by atoms with E-state index in [0.717, 1.165) is 22.6 Å². The Balaban J connectivity index is 1.40. The van der Waals surface area contributed by atoms with Crippen molar-refractivity contribution >= 4 is 5.91 Å². The van der Waals surface area contributed by atoms with Crippen LogP contribution in [-0.4, -0.2) is 24.6 Å². The van der Waals surface area contributed by atoms with Crippen molar-refractivity contribution in [3.63, 3.8) is 0 Å². The maximum absolute atomic E-state index is 12.0. The molecule has 0 aliphatic carbocycles. The Morgan fingerprint density at radius 2 is 1.68 bits per heavy atom. The molecule has 0 atom stereocenters. The lowest BCUT2D eigenvalue weighted by Gasteiger charge is -2.10. The van der Waals surface area contributed by atoms with Crippen molar-refractivity contribution in [2.45, 2.75) is 13.2 Å². The summed E-state index contributed by atoms with van der Waals surface area (Å²) >= 11 is 0. The first kappa shape index (κ1) is 19.2. The molecule has 0 unspecified atom stereocenters. The highest BCUT2D eigenvalue weighted by atomic mass is 16.5. The molecule has 0 radical (unpaired) electrons. The van der Waals surface area contributed by atoms with Crippen molar-refractivity contribution in [3.8, 4) is 17.2 Å². The van der Waals surface area contributed by atoms with Gasteiger partial charge in [0.05, 0.1) is 7.11 Å². The summed E-state index contributed by atoms with van der Waals surface area (Å²) < 4.78 is 16.4. The van der Waals surface area contributed by atoms with Gasteiger partial charge in [0, 0.05) is 24.5 Å². The predicted octanol–water partition coefficient (Wildman–Crippen LogP) is 3.36. The molecule has 0 bridgehead atoms. The zero-order valence-electron chi connectivity index (χ0n) is 15.6. The minimum atomic E-state index is -0.195. The topological polar surface area (TPSA) is 69.7 Å². The molecule has 0 saturated heterocycles. The molecule has 28 heavy (non-hydrogen) atoms. The lowest BCUT2D eigenvalue weighted by Crippen LogP contribution is -2.28. The average Bonchev–Trinajstić information content (AvgIpc) is 2.76. The number of nitrogens with one attached hydrogen (secondary N) is 1. The Morgan fingerprint density at radius 3 is 2.39 bits per heavy atom. The molecule has 0 spiro atoms. The van der Waals surface area contributed by atoms with Gasteiger partial charge in [-0.1, -0.05) is 18.2 Å². The highest BCUT2D eigenvalue weighted by Crippen LogP contribution is 2.18. The quantitative estimate of drug-likeness (QED) is 0.618. The van der Waals surface area contributed by atoms with E-state index in [0.29, 0.717) is 18.9 Å². The van der Waals surface area contributed by atoms with Gasteiger partial charge >= 0.3 is 0 Å². The van der Waals surface area contributed by atoms with Gasteiger partial charge in [-0.2, -0.15) is 0 Å². The van der Waals surface area contributed by atoms with Crippen LogP contribution in [0.3, 0.4) is 0 Å². The first-order chi connectivity index (χ1) is 13.7. The average molecular weight is 378 g/mol. The van der Waals surface area contributed by atoms with Gasteiger partial charge in [-0.3, -0.25) is 9.78 Å². The van der Waals surface area contributed by atoms with Crippen molar-refractivity contribution in [2.24, 2.45) is 0 Å². The summed E-state index contributed by atoms with van der Waals surface area (Å²) in [6.45, 7) is 0.807. The van der Waals surface area contributed by atoms with Crippen molar-refractivity contribution in [2.75, 3.05) is 13.7 Å². The summed E-state index contributed by atoms with van der Waals surface area (Å²) in [4.78, 5) is 16.0. The van der Waals surface area contributed by atoms with Crippen LogP contribution >= 0.6 is 0 Å². The maximum atomic E-state index is 12.0. The van der Waals surface area contributed by atoms with Crippen LogP contribution in [0.2, 0.25) is 0 Å². The van der Waals surface area contributed by atoms with Crippen molar-refractivity contribution in [3.05, 3.63) is 84.2 Å². The summed E-state index contributed by atoms with van der Waals surface area (Å²) in [7, 11) is 1.61. The monoisotopic (exact) mass is 378 g/mol. The largest absolute Gasteiger partial charge is 0.497 e. The van der Waals surface area contributed by atoms with Crippen molar-refractivity contribution < 1.29 is 19.0 Å². The van der Waals surface area contributed by atoms with Crippen LogP contribution in [0.4, 0.5) is 0 Å². The standard InChI is InChI=1S/C22H22N2O4/c1-26-21-6-2-4-17(12-21)14-24-22(25)16-28-20-9-7-19(8-10-20)27-15-18-5-3-11-23-13-18/h2-13H,14-16H2,1H3,(H,24,25). The molecule has 6 nitrogen and oxygen atoms in total. The van der Waals surface area contributed by atoms with E-state index in [1.54, 1.807) is 43.8 Å². The van der Waals surface area contributed by atoms with Crippen LogP contribution in [0.15, 0.2) is 73.1 Å². The minimum Gasteiger partial charge on any atom is -0.497 e. The molecule has 144 valence electrons. The fourth-order valence-electron chi connectivity index (χ4n) is 2.47. The number of hydrogen-bond donors (Lipinski definition) is 1. The van der Waals surface area contributed by atoms with Crippen molar-refractivity contribution in [1.82, 2.24) is 10.3 Å². The van der Waals surface area contributed by atoms with Gasteiger partial charge in [-0.15, -0.1) is 0 Å². The molecule has 1 heterocycles. The lowest BCUT2D eigenvalue weighted by molar-refractivity contribution is -0.123. The molecular formula is C22H22N2O4. The molecule has 3 rings (SSSR count). The third-order valence-electron chi connectivity index (χ3n) is 3.95. The summed E-state index contributed by atoms with van der Waals surface area (Å²) in [5.74, 6) is 1.89. The van der Waals surface area contributed by atoms with Crippen LogP contribution in [0, 0.1) is 0 Å². The fraction of sp³-hybridized carbons (Fsp3) is 0.182. The van der Waals surface area contributed by atoms with Gasteiger partial charge in [0.2, 0.25) is 0 Å². The van der Waals surface area contributed by atoms with Crippen LogP contribution < -0.4 is 19.5 Å². The molecule has 0 aliphatic heterocycles. The maximum Gasteiger partial charge on any atom is 0.258 e.